The normalized spacial score (nSPS) is 16.1. The molecule has 5 aromatic rings. The van der Waals surface area contributed by atoms with Crippen LogP contribution in [0.5, 0.6) is 0 Å². The number of likely N-dealkylation sites (tertiary alicyclic amines) is 1. The number of fused-ring (bicyclic) bond motifs is 1. The van der Waals surface area contributed by atoms with E-state index in [0.29, 0.717) is 17.2 Å². The Labute approximate surface area is 202 Å². The van der Waals surface area contributed by atoms with Gasteiger partial charge in [-0.25, -0.2) is 9.67 Å². The third-order valence-corrected chi connectivity index (χ3v) is 6.77. The van der Waals surface area contributed by atoms with E-state index in [4.69, 9.17) is 0 Å². The minimum absolute atomic E-state index is 0.0749. The van der Waals surface area contributed by atoms with Crippen LogP contribution in [0.15, 0.2) is 67.1 Å². The van der Waals surface area contributed by atoms with Crippen molar-refractivity contribution in [2.45, 2.75) is 26.3 Å². The number of para-hydroxylation sites is 1. The lowest BCUT2D eigenvalue weighted by Gasteiger charge is -2.33. The number of carbonyl (C=O) groups is 1. The van der Waals surface area contributed by atoms with Gasteiger partial charge in [-0.05, 0) is 56.0 Å². The Kier molecular flexibility index (Phi) is 5.36. The quantitative estimate of drug-likeness (QED) is 0.424. The van der Waals surface area contributed by atoms with Gasteiger partial charge in [0.2, 0.25) is 0 Å². The van der Waals surface area contributed by atoms with Crippen LogP contribution >= 0.6 is 0 Å². The van der Waals surface area contributed by atoms with Crippen LogP contribution in [-0.2, 0) is 6.54 Å². The minimum atomic E-state index is 0.0749. The molecule has 0 aliphatic carbocycles. The van der Waals surface area contributed by atoms with E-state index < -0.39 is 0 Å². The van der Waals surface area contributed by atoms with Crippen LogP contribution < -0.4 is 0 Å². The van der Waals surface area contributed by atoms with Gasteiger partial charge in [-0.1, -0.05) is 23.4 Å². The fourth-order valence-electron chi connectivity index (χ4n) is 4.87. The van der Waals surface area contributed by atoms with Crippen molar-refractivity contribution in [1.82, 2.24) is 39.6 Å². The molecule has 3 aromatic heterocycles. The molecule has 4 heterocycles. The molecule has 1 atom stereocenters. The Morgan fingerprint density at radius 3 is 2.83 bits per heavy atom. The SMILES string of the molecule is Cc1nccn1CC1CCCN(C(=O)c2ccc(-n3cc(-c4n[nH]c5ccccc45)nn3)cc2)C1. The zero-order valence-electron chi connectivity index (χ0n) is 19.5. The van der Waals surface area contributed by atoms with E-state index >= 15 is 0 Å². The molecule has 176 valence electrons. The smallest absolute Gasteiger partial charge is 0.253 e. The maximum Gasteiger partial charge on any atom is 0.253 e. The highest BCUT2D eigenvalue weighted by molar-refractivity contribution is 5.94. The number of aromatic amines is 1. The van der Waals surface area contributed by atoms with Gasteiger partial charge in [0.05, 0.1) is 17.4 Å². The minimum Gasteiger partial charge on any atom is -0.338 e. The van der Waals surface area contributed by atoms with Gasteiger partial charge in [0, 0.05) is 43.0 Å². The first-order chi connectivity index (χ1) is 17.2. The molecule has 0 radical (unpaired) electrons. The van der Waals surface area contributed by atoms with Crippen molar-refractivity contribution in [2.24, 2.45) is 5.92 Å². The lowest BCUT2D eigenvalue weighted by Crippen LogP contribution is -2.41. The second-order valence-electron chi connectivity index (χ2n) is 9.10. The molecule has 1 N–H and O–H groups in total. The summed E-state index contributed by atoms with van der Waals surface area (Å²) in [4.78, 5) is 19.5. The number of hydrogen-bond donors (Lipinski definition) is 1. The highest BCUT2D eigenvalue weighted by Gasteiger charge is 2.25. The number of rotatable bonds is 5. The summed E-state index contributed by atoms with van der Waals surface area (Å²) in [5, 5.41) is 17.0. The largest absolute Gasteiger partial charge is 0.338 e. The van der Waals surface area contributed by atoms with Crippen molar-refractivity contribution in [3.8, 4) is 17.1 Å². The third kappa shape index (κ3) is 4.09. The molecule has 1 amide bonds. The molecule has 6 rings (SSSR count). The molecule has 0 bridgehead atoms. The van der Waals surface area contributed by atoms with E-state index in [9.17, 15) is 4.79 Å². The number of imidazole rings is 1. The number of nitrogens with zero attached hydrogens (tertiary/aromatic N) is 7. The van der Waals surface area contributed by atoms with Crippen molar-refractivity contribution >= 4 is 16.8 Å². The van der Waals surface area contributed by atoms with Crippen molar-refractivity contribution in [3.05, 3.63) is 78.5 Å². The average Bonchev–Trinajstić information content (AvgIpc) is 3.64. The Bertz CT molecular complexity index is 1480. The van der Waals surface area contributed by atoms with Crippen molar-refractivity contribution < 1.29 is 4.79 Å². The van der Waals surface area contributed by atoms with E-state index in [2.05, 4.69) is 30.1 Å². The number of nitrogens with one attached hydrogen (secondary N) is 1. The maximum atomic E-state index is 13.2. The maximum absolute atomic E-state index is 13.2. The van der Waals surface area contributed by atoms with Crippen LogP contribution in [0, 0.1) is 12.8 Å². The number of piperidine rings is 1. The summed E-state index contributed by atoms with van der Waals surface area (Å²) in [5.41, 5.74) is 3.94. The van der Waals surface area contributed by atoms with Gasteiger partial charge in [0.15, 0.2) is 0 Å². The first-order valence-electron chi connectivity index (χ1n) is 11.9. The van der Waals surface area contributed by atoms with Gasteiger partial charge in [-0.2, -0.15) is 5.10 Å². The molecule has 1 unspecified atom stereocenters. The molecule has 2 aromatic carbocycles. The first-order valence-corrected chi connectivity index (χ1v) is 11.9. The van der Waals surface area contributed by atoms with Gasteiger partial charge in [-0.15, -0.1) is 5.10 Å². The molecule has 1 aliphatic rings. The summed E-state index contributed by atoms with van der Waals surface area (Å²) < 4.78 is 3.88. The fraction of sp³-hybridized carbons (Fsp3) is 0.269. The lowest BCUT2D eigenvalue weighted by molar-refractivity contribution is 0.0662. The molecule has 35 heavy (non-hydrogen) atoms. The Morgan fingerprint density at radius 2 is 2.00 bits per heavy atom. The number of hydrogen-bond acceptors (Lipinski definition) is 5. The van der Waals surface area contributed by atoms with E-state index in [0.717, 1.165) is 60.6 Å². The number of aromatic nitrogens is 7. The Balaban J connectivity index is 1.16. The molecule has 1 saturated heterocycles. The van der Waals surface area contributed by atoms with Crippen LogP contribution in [-0.4, -0.2) is 58.6 Å². The number of H-pyrrole nitrogens is 1. The summed E-state index contributed by atoms with van der Waals surface area (Å²) >= 11 is 0. The molecule has 9 nitrogen and oxygen atoms in total. The summed E-state index contributed by atoms with van der Waals surface area (Å²) in [6, 6.07) is 15.5. The summed E-state index contributed by atoms with van der Waals surface area (Å²) in [5.74, 6) is 1.53. The van der Waals surface area contributed by atoms with Crippen LogP contribution in [0.2, 0.25) is 0 Å². The zero-order valence-corrected chi connectivity index (χ0v) is 19.5. The summed E-state index contributed by atoms with van der Waals surface area (Å²) in [6.07, 6.45) is 7.84. The second-order valence-corrected chi connectivity index (χ2v) is 9.10. The van der Waals surface area contributed by atoms with E-state index in [1.807, 2.05) is 78.9 Å². The van der Waals surface area contributed by atoms with Gasteiger partial charge >= 0.3 is 0 Å². The average molecular weight is 467 g/mol. The monoisotopic (exact) mass is 466 g/mol. The predicted molar refractivity (Wildman–Crippen MR) is 132 cm³/mol. The van der Waals surface area contributed by atoms with Gasteiger partial charge in [0.1, 0.15) is 17.2 Å². The third-order valence-electron chi connectivity index (χ3n) is 6.77. The molecule has 9 heteroatoms. The molecule has 0 saturated carbocycles. The van der Waals surface area contributed by atoms with E-state index in [-0.39, 0.29) is 5.91 Å². The number of benzene rings is 2. The van der Waals surface area contributed by atoms with Crippen LogP contribution in [0.25, 0.3) is 28.0 Å². The van der Waals surface area contributed by atoms with Gasteiger partial charge in [0.25, 0.3) is 5.91 Å². The zero-order chi connectivity index (χ0) is 23.8. The van der Waals surface area contributed by atoms with Crippen molar-refractivity contribution in [2.75, 3.05) is 13.1 Å². The van der Waals surface area contributed by atoms with Crippen molar-refractivity contribution in [1.29, 1.82) is 0 Å². The first kappa shape index (κ1) is 21.3. The standard InChI is InChI=1S/C26H26N8O/c1-18-27-12-14-32(18)15-19-5-4-13-33(16-19)26(35)20-8-10-21(11-9-20)34-17-24(29-31-34)25-22-6-2-3-7-23(22)28-30-25/h2-3,6-12,14,17,19H,4-5,13,15-16H2,1H3,(H,28,30). The van der Waals surface area contributed by atoms with E-state index in [1.54, 1.807) is 4.68 Å². The Hall–Kier alpha value is -4.27. The van der Waals surface area contributed by atoms with Gasteiger partial charge < -0.3 is 9.47 Å². The molecule has 1 aliphatic heterocycles. The van der Waals surface area contributed by atoms with Crippen molar-refractivity contribution in [3.63, 3.8) is 0 Å². The Morgan fingerprint density at radius 1 is 1.14 bits per heavy atom. The number of amides is 1. The van der Waals surface area contributed by atoms with Crippen LogP contribution in [0.4, 0.5) is 0 Å². The number of carbonyl (C=O) groups excluding carboxylic acids is 1. The fourth-order valence-corrected chi connectivity index (χ4v) is 4.87. The van der Waals surface area contributed by atoms with Gasteiger partial charge in [-0.3, -0.25) is 9.89 Å². The molecular formula is C26H26N8O. The summed E-state index contributed by atoms with van der Waals surface area (Å²) in [7, 11) is 0. The molecule has 1 fully saturated rings. The topological polar surface area (TPSA) is 97.5 Å². The summed E-state index contributed by atoms with van der Waals surface area (Å²) in [6.45, 7) is 4.48. The molecular weight excluding hydrogens is 440 g/mol. The predicted octanol–water partition coefficient (Wildman–Crippen LogP) is 3.87. The van der Waals surface area contributed by atoms with Crippen LogP contribution in [0.1, 0.15) is 29.0 Å². The number of aryl methyl sites for hydroxylation is 1. The van der Waals surface area contributed by atoms with Crippen LogP contribution in [0.3, 0.4) is 0 Å². The second kappa shape index (κ2) is 8.83. The highest BCUT2D eigenvalue weighted by Crippen LogP contribution is 2.25. The van der Waals surface area contributed by atoms with E-state index in [1.165, 1.54) is 0 Å². The highest BCUT2D eigenvalue weighted by atomic mass is 16.2. The lowest BCUT2D eigenvalue weighted by atomic mass is 9.97. The molecule has 0 spiro atoms.